The van der Waals surface area contributed by atoms with E-state index >= 15 is 0 Å². The van der Waals surface area contributed by atoms with Crippen LogP contribution in [0.15, 0.2) is 18.2 Å². The molecular formula is C9H7ClN2O5. The second kappa shape index (κ2) is 5.26. The van der Waals surface area contributed by atoms with Gasteiger partial charge in [-0.1, -0.05) is 17.7 Å². The van der Waals surface area contributed by atoms with E-state index in [1.807, 2.05) is 5.32 Å². The lowest BCUT2D eigenvalue weighted by Crippen LogP contribution is -2.29. The lowest BCUT2D eigenvalue weighted by atomic mass is 10.1. The van der Waals surface area contributed by atoms with Crippen LogP contribution >= 0.6 is 11.6 Å². The largest absolute Gasteiger partial charge is 0.480 e. The van der Waals surface area contributed by atoms with Gasteiger partial charge in [0.1, 0.15) is 12.1 Å². The summed E-state index contributed by atoms with van der Waals surface area (Å²) in [5.41, 5.74) is -0.819. The highest BCUT2D eigenvalue weighted by Crippen LogP contribution is 2.25. The van der Waals surface area contributed by atoms with E-state index in [0.717, 1.165) is 6.07 Å². The smallest absolute Gasteiger partial charge is 0.322 e. The zero-order valence-corrected chi connectivity index (χ0v) is 9.10. The topological polar surface area (TPSA) is 110 Å². The van der Waals surface area contributed by atoms with Gasteiger partial charge >= 0.3 is 5.97 Å². The summed E-state index contributed by atoms with van der Waals surface area (Å²) in [5.74, 6) is -2.15. The minimum absolute atomic E-state index is 0.109. The van der Waals surface area contributed by atoms with E-state index < -0.39 is 29.0 Å². The van der Waals surface area contributed by atoms with Gasteiger partial charge in [-0.25, -0.2) is 0 Å². The van der Waals surface area contributed by atoms with Gasteiger partial charge in [-0.15, -0.1) is 0 Å². The van der Waals surface area contributed by atoms with Gasteiger partial charge in [-0.2, -0.15) is 0 Å². The fraction of sp³-hybridized carbons (Fsp3) is 0.111. The van der Waals surface area contributed by atoms with E-state index in [1.54, 1.807) is 0 Å². The highest BCUT2D eigenvalue weighted by Gasteiger charge is 2.23. The predicted molar refractivity (Wildman–Crippen MR) is 58.1 cm³/mol. The summed E-state index contributed by atoms with van der Waals surface area (Å²) in [4.78, 5) is 31.7. The summed E-state index contributed by atoms with van der Waals surface area (Å²) in [6, 6.07) is 3.75. The van der Waals surface area contributed by atoms with Crippen LogP contribution in [-0.2, 0) is 4.79 Å². The molecule has 0 heterocycles. The zero-order chi connectivity index (χ0) is 13.0. The van der Waals surface area contributed by atoms with Gasteiger partial charge in [0.2, 0.25) is 0 Å². The maximum Gasteiger partial charge on any atom is 0.322 e. The molecule has 0 saturated heterocycles. The van der Waals surface area contributed by atoms with Gasteiger partial charge < -0.3 is 10.4 Å². The van der Waals surface area contributed by atoms with Crippen molar-refractivity contribution < 1.29 is 19.6 Å². The number of halogens is 1. The molecule has 1 aromatic carbocycles. The number of nitrogens with zero attached hydrogens (tertiary/aromatic N) is 1. The molecule has 0 unspecified atom stereocenters. The Kier molecular flexibility index (Phi) is 4.00. The number of hydrogen-bond acceptors (Lipinski definition) is 4. The summed E-state index contributed by atoms with van der Waals surface area (Å²) in [6.45, 7) is -0.638. The normalized spacial score (nSPS) is 9.71. The van der Waals surface area contributed by atoms with E-state index in [4.69, 9.17) is 16.7 Å². The Morgan fingerprint density at radius 2 is 2.12 bits per heavy atom. The van der Waals surface area contributed by atoms with Crippen LogP contribution in [0.25, 0.3) is 0 Å². The SMILES string of the molecule is O=C(O)CNC(=O)c1c(Cl)cccc1[N+](=O)[O-]. The molecule has 90 valence electrons. The molecule has 0 aliphatic carbocycles. The van der Waals surface area contributed by atoms with Crippen molar-refractivity contribution in [3.8, 4) is 0 Å². The van der Waals surface area contributed by atoms with Gasteiger partial charge in [0, 0.05) is 6.07 Å². The Balaban J connectivity index is 3.07. The standard InChI is InChI=1S/C9H7ClN2O5/c10-5-2-1-3-6(12(16)17)8(5)9(15)11-4-7(13)14/h1-3H,4H2,(H,11,15)(H,13,14). The van der Waals surface area contributed by atoms with Crippen LogP contribution in [0.3, 0.4) is 0 Å². The van der Waals surface area contributed by atoms with E-state index in [9.17, 15) is 19.7 Å². The second-order valence-electron chi connectivity index (χ2n) is 2.97. The lowest BCUT2D eigenvalue weighted by molar-refractivity contribution is -0.385. The number of aliphatic carboxylic acids is 1. The van der Waals surface area contributed by atoms with Crippen molar-refractivity contribution in [3.63, 3.8) is 0 Å². The van der Waals surface area contributed by atoms with Crippen molar-refractivity contribution in [2.45, 2.75) is 0 Å². The minimum atomic E-state index is -1.26. The average molecular weight is 259 g/mol. The Bertz CT molecular complexity index is 488. The molecule has 1 rings (SSSR count). The van der Waals surface area contributed by atoms with Gasteiger partial charge in [0.05, 0.1) is 9.95 Å². The maximum atomic E-state index is 11.5. The number of carboxylic acids is 1. The first kappa shape index (κ1) is 12.9. The van der Waals surface area contributed by atoms with E-state index in [2.05, 4.69) is 0 Å². The van der Waals surface area contributed by atoms with Crippen molar-refractivity contribution in [1.82, 2.24) is 5.32 Å². The summed E-state index contributed by atoms with van der Waals surface area (Å²) in [6.07, 6.45) is 0. The summed E-state index contributed by atoms with van der Waals surface area (Å²) >= 11 is 5.67. The number of carbonyl (C=O) groups excluding carboxylic acids is 1. The maximum absolute atomic E-state index is 11.5. The monoisotopic (exact) mass is 258 g/mol. The number of hydrogen-bond donors (Lipinski definition) is 2. The van der Waals surface area contributed by atoms with Crippen molar-refractivity contribution in [1.29, 1.82) is 0 Å². The van der Waals surface area contributed by atoms with Crippen molar-refractivity contribution >= 4 is 29.2 Å². The van der Waals surface area contributed by atoms with Gasteiger partial charge in [0.25, 0.3) is 11.6 Å². The first-order valence-electron chi connectivity index (χ1n) is 4.36. The van der Waals surface area contributed by atoms with Gasteiger partial charge in [-0.3, -0.25) is 19.7 Å². The fourth-order valence-electron chi connectivity index (χ4n) is 1.13. The van der Waals surface area contributed by atoms with Gasteiger partial charge in [0.15, 0.2) is 0 Å². The third kappa shape index (κ3) is 3.15. The van der Waals surface area contributed by atoms with Crippen molar-refractivity contribution in [2.75, 3.05) is 6.54 Å². The van der Waals surface area contributed by atoms with Crippen LogP contribution in [0.2, 0.25) is 5.02 Å². The average Bonchev–Trinajstić information content (AvgIpc) is 2.25. The van der Waals surface area contributed by atoms with Crippen molar-refractivity contribution in [2.24, 2.45) is 0 Å². The number of nitro groups is 1. The zero-order valence-electron chi connectivity index (χ0n) is 8.34. The second-order valence-corrected chi connectivity index (χ2v) is 3.37. The number of nitro benzene ring substituents is 1. The van der Waals surface area contributed by atoms with Crippen molar-refractivity contribution in [3.05, 3.63) is 38.9 Å². The molecule has 7 nitrogen and oxygen atoms in total. The molecule has 0 aliphatic rings. The molecule has 8 heteroatoms. The summed E-state index contributed by atoms with van der Waals surface area (Å²) < 4.78 is 0. The molecule has 0 saturated carbocycles. The molecule has 0 bridgehead atoms. The van der Waals surface area contributed by atoms with E-state index in [1.165, 1.54) is 12.1 Å². The fourth-order valence-corrected chi connectivity index (χ4v) is 1.39. The van der Waals surface area contributed by atoms with Crippen LogP contribution in [0.5, 0.6) is 0 Å². The number of benzene rings is 1. The van der Waals surface area contributed by atoms with Crippen LogP contribution in [-0.4, -0.2) is 28.5 Å². The molecule has 1 amide bonds. The minimum Gasteiger partial charge on any atom is -0.480 e. The third-order valence-corrected chi connectivity index (χ3v) is 2.13. The first-order chi connectivity index (χ1) is 7.93. The third-order valence-electron chi connectivity index (χ3n) is 1.82. The molecule has 2 N–H and O–H groups in total. The molecule has 0 atom stereocenters. The van der Waals surface area contributed by atoms with Crippen LogP contribution in [0.4, 0.5) is 5.69 Å². The molecular weight excluding hydrogens is 252 g/mol. The van der Waals surface area contributed by atoms with E-state index in [0.29, 0.717) is 0 Å². The van der Waals surface area contributed by atoms with Crippen LogP contribution in [0.1, 0.15) is 10.4 Å². The van der Waals surface area contributed by atoms with Crippen LogP contribution < -0.4 is 5.32 Å². The lowest BCUT2D eigenvalue weighted by Gasteiger charge is -2.05. The number of carbonyl (C=O) groups is 2. The number of carboxylic acid groups (broad SMARTS) is 1. The molecule has 0 aliphatic heterocycles. The molecule has 1 aromatic rings. The molecule has 0 aromatic heterocycles. The molecule has 17 heavy (non-hydrogen) atoms. The Labute approximate surface area is 100 Å². The number of rotatable bonds is 4. The van der Waals surface area contributed by atoms with E-state index in [-0.39, 0.29) is 10.6 Å². The predicted octanol–water partition coefficient (Wildman–Crippen LogP) is 1.06. The summed E-state index contributed by atoms with van der Waals surface area (Å²) in [5, 5.41) is 20.9. The summed E-state index contributed by atoms with van der Waals surface area (Å²) in [7, 11) is 0. The van der Waals surface area contributed by atoms with Crippen LogP contribution in [0, 0.1) is 10.1 Å². The first-order valence-corrected chi connectivity index (χ1v) is 4.74. The Hall–Kier alpha value is -2.15. The Morgan fingerprint density at radius 3 is 2.65 bits per heavy atom. The molecule has 0 radical (unpaired) electrons. The highest BCUT2D eigenvalue weighted by molar-refractivity contribution is 6.34. The molecule has 0 spiro atoms. The highest BCUT2D eigenvalue weighted by atomic mass is 35.5. The molecule has 0 fully saturated rings. The van der Waals surface area contributed by atoms with Gasteiger partial charge in [-0.05, 0) is 6.07 Å². The number of nitrogens with one attached hydrogen (secondary N) is 1. The number of amides is 1. The Morgan fingerprint density at radius 1 is 1.47 bits per heavy atom. The quantitative estimate of drug-likeness (QED) is 0.620.